The molecular formula is C24H28F2N4O3. The summed E-state index contributed by atoms with van der Waals surface area (Å²) < 4.78 is 32.2. The fourth-order valence-corrected chi connectivity index (χ4v) is 5.27. The van der Waals surface area contributed by atoms with Gasteiger partial charge in [0.05, 0.1) is 19.8 Å². The molecule has 2 aliphatic heterocycles. The third-order valence-electron chi connectivity index (χ3n) is 6.91. The fraction of sp³-hybridized carbons (Fsp3) is 0.500. The van der Waals surface area contributed by atoms with Gasteiger partial charge < -0.3 is 20.3 Å². The summed E-state index contributed by atoms with van der Waals surface area (Å²) in [6, 6.07) is 3.53. The van der Waals surface area contributed by atoms with Crippen LogP contribution in [0.1, 0.15) is 41.5 Å². The summed E-state index contributed by atoms with van der Waals surface area (Å²) in [6.45, 7) is 3.55. The summed E-state index contributed by atoms with van der Waals surface area (Å²) in [4.78, 5) is 2.23. The molecule has 1 aliphatic carbocycles. The molecule has 3 aliphatic rings. The van der Waals surface area contributed by atoms with E-state index in [1.165, 1.54) is 0 Å². The largest absolute Gasteiger partial charge is 0.507 e. The van der Waals surface area contributed by atoms with Crippen molar-refractivity contribution in [3.05, 3.63) is 40.5 Å². The van der Waals surface area contributed by atoms with Gasteiger partial charge in [0.1, 0.15) is 11.4 Å². The van der Waals surface area contributed by atoms with Crippen LogP contribution in [0.3, 0.4) is 0 Å². The number of aromatic hydroxyl groups is 1. The average Bonchev–Trinajstić information content (AvgIpc) is 3.26. The Morgan fingerprint density at radius 2 is 1.97 bits per heavy atom. The molecule has 0 saturated carbocycles. The molecule has 0 amide bonds. The normalized spacial score (nSPS) is 20.5. The zero-order valence-electron chi connectivity index (χ0n) is 18.4. The minimum absolute atomic E-state index is 0.00985. The van der Waals surface area contributed by atoms with E-state index in [0.717, 1.165) is 37.1 Å². The summed E-state index contributed by atoms with van der Waals surface area (Å²) in [5, 5.41) is 32.7. The van der Waals surface area contributed by atoms with E-state index in [1.54, 1.807) is 12.1 Å². The van der Waals surface area contributed by atoms with Crippen LogP contribution in [0.25, 0.3) is 16.8 Å². The Kier molecular flexibility index (Phi) is 6.27. The second kappa shape index (κ2) is 9.32. The number of fused-ring (bicyclic) bond motifs is 2. The SMILES string of the molecule is OCCN1CCC[C@@H](Nc2nnc(-c3ccc4c(c3O)CCC4=C(F)F)c3c2COCC3)C1. The molecule has 0 bridgehead atoms. The Bertz CT molecular complexity index is 1090. The lowest BCUT2D eigenvalue weighted by Gasteiger charge is -2.33. The fourth-order valence-electron chi connectivity index (χ4n) is 5.27. The number of hydrogen-bond acceptors (Lipinski definition) is 7. The third kappa shape index (κ3) is 4.20. The molecule has 1 fully saturated rings. The molecule has 7 nitrogen and oxygen atoms in total. The van der Waals surface area contributed by atoms with Gasteiger partial charge in [-0.2, -0.15) is 8.78 Å². The molecule has 0 radical (unpaired) electrons. The molecular weight excluding hydrogens is 430 g/mol. The Morgan fingerprint density at radius 1 is 1.12 bits per heavy atom. The van der Waals surface area contributed by atoms with Gasteiger partial charge >= 0.3 is 0 Å². The summed E-state index contributed by atoms with van der Waals surface area (Å²) >= 11 is 0. The molecule has 9 heteroatoms. The van der Waals surface area contributed by atoms with Crippen LogP contribution in [-0.2, 0) is 24.2 Å². The third-order valence-corrected chi connectivity index (χ3v) is 6.91. The monoisotopic (exact) mass is 458 g/mol. The van der Waals surface area contributed by atoms with E-state index in [4.69, 9.17) is 4.74 Å². The molecule has 0 spiro atoms. The quantitative estimate of drug-likeness (QED) is 0.633. The Balaban J connectivity index is 1.48. The maximum absolute atomic E-state index is 13.2. The summed E-state index contributed by atoms with van der Waals surface area (Å²) in [6.07, 6.45) is 1.60. The predicted molar refractivity (Wildman–Crippen MR) is 120 cm³/mol. The number of benzene rings is 1. The smallest absolute Gasteiger partial charge is 0.274 e. The highest BCUT2D eigenvalue weighted by atomic mass is 19.3. The second-order valence-electron chi connectivity index (χ2n) is 8.89. The van der Waals surface area contributed by atoms with Crippen molar-refractivity contribution in [2.24, 2.45) is 0 Å². The lowest BCUT2D eigenvalue weighted by atomic mass is 9.94. The number of phenolic OH excluding ortho intramolecular Hbond substituents is 1. The van der Waals surface area contributed by atoms with Crippen LogP contribution in [0.5, 0.6) is 5.75 Å². The molecule has 1 atom stereocenters. The van der Waals surface area contributed by atoms with E-state index < -0.39 is 6.08 Å². The number of rotatable bonds is 5. The second-order valence-corrected chi connectivity index (χ2v) is 8.89. The number of phenols is 1. The first-order chi connectivity index (χ1) is 16.1. The topological polar surface area (TPSA) is 90.7 Å². The number of β-amino-alcohol motifs (C(OH)–C–C–N with tert-alkyl or cyclic N) is 1. The summed E-state index contributed by atoms with van der Waals surface area (Å²) in [5.74, 6) is 0.703. The minimum atomic E-state index is -1.69. The van der Waals surface area contributed by atoms with Crippen molar-refractivity contribution in [1.29, 1.82) is 0 Å². The van der Waals surface area contributed by atoms with E-state index >= 15 is 0 Å². The first kappa shape index (κ1) is 22.2. The molecule has 1 saturated heterocycles. The first-order valence-electron chi connectivity index (χ1n) is 11.5. The van der Waals surface area contributed by atoms with Crippen LogP contribution in [0.4, 0.5) is 14.6 Å². The molecule has 33 heavy (non-hydrogen) atoms. The van der Waals surface area contributed by atoms with Crippen molar-refractivity contribution in [1.82, 2.24) is 15.1 Å². The number of ether oxygens (including phenoxy) is 1. The van der Waals surface area contributed by atoms with E-state index in [-0.39, 0.29) is 30.4 Å². The maximum atomic E-state index is 13.2. The van der Waals surface area contributed by atoms with Crippen LogP contribution in [0, 0.1) is 0 Å². The molecule has 5 rings (SSSR count). The Morgan fingerprint density at radius 3 is 2.79 bits per heavy atom. The van der Waals surface area contributed by atoms with Crippen molar-refractivity contribution in [2.75, 3.05) is 38.2 Å². The highest BCUT2D eigenvalue weighted by Crippen LogP contribution is 2.45. The van der Waals surface area contributed by atoms with Gasteiger partial charge in [-0.3, -0.25) is 4.90 Å². The van der Waals surface area contributed by atoms with Crippen molar-refractivity contribution in [3.8, 4) is 17.0 Å². The number of halogens is 2. The maximum Gasteiger partial charge on any atom is 0.274 e. The van der Waals surface area contributed by atoms with Crippen LogP contribution < -0.4 is 5.32 Å². The molecule has 1 aromatic carbocycles. The van der Waals surface area contributed by atoms with Gasteiger partial charge in [0, 0.05) is 41.4 Å². The van der Waals surface area contributed by atoms with Crippen LogP contribution >= 0.6 is 0 Å². The number of likely N-dealkylation sites (tertiary alicyclic amines) is 1. The molecule has 3 N–H and O–H groups in total. The van der Waals surface area contributed by atoms with Gasteiger partial charge in [-0.25, -0.2) is 0 Å². The number of anilines is 1. The van der Waals surface area contributed by atoms with Gasteiger partial charge in [0.2, 0.25) is 0 Å². The number of piperidine rings is 1. The zero-order valence-corrected chi connectivity index (χ0v) is 18.4. The highest BCUT2D eigenvalue weighted by Gasteiger charge is 2.29. The molecule has 176 valence electrons. The van der Waals surface area contributed by atoms with E-state index in [9.17, 15) is 19.0 Å². The number of allylic oxidation sites excluding steroid dienone is 1. The average molecular weight is 459 g/mol. The number of aliphatic hydroxyl groups excluding tert-OH is 1. The van der Waals surface area contributed by atoms with Gasteiger partial charge in [0.15, 0.2) is 5.82 Å². The van der Waals surface area contributed by atoms with Gasteiger partial charge in [-0.05, 0) is 55.8 Å². The standard InChI is InChI=1S/C24H28F2N4O3/c25-23(26)18-5-4-17-15(18)3-6-19(22(17)32)21-16-7-11-33-13-20(16)24(29-28-21)27-14-2-1-8-30(12-14)9-10-31/h3,6,14,31-32H,1-2,4-5,7-13H2,(H,27,29)/t14-/m1/s1. The molecule has 1 aromatic heterocycles. The number of aromatic nitrogens is 2. The highest BCUT2D eigenvalue weighted by molar-refractivity contribution is 5.82. The van der Waals surface area contributed by atoms with Crippen LogP contribution in [0.15, 0.2) is 18.2 Å². The van der Waals surface area contributed by atoms with Crippen molar-refractivity contribution < 1.29 is 23.7 Å². The van der Waals surface area contributed by atoms with Gasteiger partial charge in [-0.15, -0.1) is 10.2 Å². The summed E-state index contributed by atoms with van der Waals surface area (Å²) in [7, 11) is 0. The number of aliphatic hydroxyl groups is 1. The minimum Gasteiger partial charge on any atom is -0.507 e. The Hall–Kier alpha value is -2.62. The van der Waals surface area contributed by atoms with E-state index in [0.29, 0.717) is 60.8 Å². The lowest BCUT2D eigenvalue weighted by molar-refractivity contribution is 0.110. The van der Waals surface area contributed by atoms with Crippen LogP contribution in [-0.4, -0.2) is 64.2 Å². The Labute approximate surface area is 191 Å². The van der Waals surface area contributed by atoms with E-state index in [2.05, 4.69) is 20.4 Å². The van der Waals surface area contributed by atoms with Crippen LogP contribution in [0.2, 0.25) is 0 Å². The predicted octanol–water partition coefficient (Wildman–Crippen LogP) is 3.34. The number of nitrogens with one attached hydrogen (secondary N) is 1. The molecule has 3 heterocycles. The van der Waals surface area contributed by atoms with Crippen molar-refractivity contribution in [3.63, 3.8) is 0 Å². The van der Waals surface area contributed by atoms with Crippen molar-refractivity contribution >= 4 is 11.4 Å². The first-order valence-corrected chi connectivity index (χ1v) is 11.5. The van der Waals surface area contributed by atoms with Gasteiger partial charge in [0.25, 0.3) is 6.08 Å². The molecule has 2 aromatic rings. The molecule has 0 unspecified atom stereocenters. The zero-order chi connectivity index (χ0) is 22.9. The summed E-state index contributed by atoms with van der Waals surface area (Å²) in [5.41, 5.74) is 4.00. The lowest BCUT2D eigenvalue weighted by Crippen LogP contribution is -2.43. The van der Waals surface area contributed by atoms with Gasteiger partial charge in [-0.1, -0.05) is 6.07 Å². The van der Waals surface area contributed by atoms with Crippen molar-refractivity contribution in [2.45, 2.75) is 44.8 Å². The number of nitrogens with zero attached hydrogens (tertiary/aromatic N) is 3. The van der Waals surface area contributed by atoms with E-state index in [1.807, 2.05) is 0 Å². The number of hydrogen-bond donors (Lipinski definition) is 3.